The summed E-state index contributed by atoms with van der Waals surface area (Å²) < 4.78 is 24.3. The van der Waals surface area contributed by atoms with Crippen molar-refractivity contribution in [1.82, 2.24) is 0 Å². The van der Waals surface area contributed by atoms with Crippen LogP contribution in [0.4, 0.5) is 10.1 Å². The minimum absolute atomic E-state index is 0.289. The van der Waals surface area contributed by atoms with E-state index in [0.717, 1.165) is 11.3 Å². The molecular formula is C23H20FNO3. The van der Waals surface area contributed by atoms with E-state index in [4.69, 9.17) is 9.47 Å². The van der Waals surface area contributed by atoms with Gasteiger partial charge in [0.2, 0.25) is 5.91 Å². The second-order valence-electron chi connectivity index (χ2n) is 6.10. The average molecular weight is 377 g/mol. The van der Waals surface area contributed by atoms with Crippen LogP contribution in [0.25, 0.3) is 6.08 Å². The molecule has 0 fully saturated rings. The quantitative estimate of drug-likeness (QED) is 0.570. The maximum atomic E-state index is 13.3. The van der Waals surface area contributed by atoms with Crippen LogP contribution in [0, 0.1) is 12.7 Å². The van der Waals surface area contributed by atoms with Gasteiger partial charge in [-0.05, 0) is 66.6 Å². The molecule has 0 unspecified atom stereocenters. The van der Waals surface area contributed by atoms with E-state index in [1.54, 1.807) is 50.4 Å². The normalized spacial score (nSPS) is 10.7. The molecule has 0 saturated carbocycles. The van der Waals surface area contributed by atoms with Gasteiger partial charge < -0.3 is 14.8 Å². The van der Waals surface area contributed by atoms with E-state index < -0.39 is 0 Å². The summed E-state index contributed by atoms with van der Waals surface area (Å²) in [6.07, 6.45) is 3.16. The van der Waals surface area contributed by atoms with Gasteiger partial charge in [0.15, 0.2) is 5.75 Å². The van der Waals surface area contributed by atoms with Crippen molar-refractivity contribution in [2.45, 2.75) is 6.92 Å². The Labute approximate surface area is 163 Å². The van der Waals surface area contributed by atoms with Crippen LogP contribution in [0.1, 0.15) is 11.1 Å². The SMILES string of the molecule is COc1ccc(/C=C/C(=O)Nc2ccccc2Oc2ccc(F)cc2C)cc1. The zero-order valence-electron chi connectivity index (χ0n) is 15.6. The first-order chi connectivity index (χ1) is 13.5. The van der Waals surface area contributed by atoms with Crippen LogP contribution >= 0.6 is 0 Å². The van der Waals surface area contributed by atoms with Crippen LogP contribution in [0.15, 0.2) is 72.8 Å². The van der Waals surface area contributed by atoms with Crippen molar-refractivity contribution in [2.75, 3.05) is 12.4 Å². The Kier molecular flexibility index (Phi) is 6.07. The first kappa shape index (κ1) is 19.2. The number of aryl methyl sites for hydroxylation is 1. The number of carbonyl (C=O) groups is 1. The van der Waals surface area contributed by atoms with Crippen molar-refractivity contribution in [3.63, 3.8) is 0 Å². The molecule has 28 heavy (non-hydrogen) atoms. The number of ether oxygens (including phenoxy) is 2. The number of para-hydroxylation sites is 2. The number of carbonyl (C=O) groups excluding carboxylic acids is 1. The Morgan fingerprint density at radius 1 is 1.00 bits per heavy atom. The van der Waals surface area contributed by atoms with Gasteiger partial charge in [-0.15, -0.1) is 0 Å². The smallest absolute Gasteiger partial charge is 0.248 e. The van der Waals surface area contributed by atoms with Crippen molar-refractivity contribution in [1.29, 1.82) is 0 Å². The summed E-state index contributed by atoms with van der Waals surface area (Å²) in [4.78, 5) is 12.3. The molecule has 0 aliphatic carbocycles. The Morgan fingerprint density at radius 2 is 1.75 bits per heavy atom. The first-order valence-corrected chi connectivity index (χ1v) is 8.71. The summed E-state index contributed by atoms with van der Waals surface area (Å²) >= 11 is 0. The van der Waals surface area contributed by atoms with E-state index in [1.807, 2.05) is 24.3 Å². The van der Waals surface area contributed by atoms with Crippen LogP contribution in [-0.4, -0.2) is 13.0 Å². The van der Waals surface area contributed by atoms with E-state index in [9.17, 15) is 9.18 Å². The van der Waals surface area contributed by atoms with Gasteiger partial charge in [0.1, 0.15) is 17.3 Å². The molecule has 0 saturated heterocycles. The van der Waals surface area contributed by atoms with Crippen molar-refractivity contribution in [3.05, 3.63) is 89.8 Å². The van der Waals surface area contributed by atoms with Crippen molar-refractivity contribution >= 4 is 17.7 Å². The van der Waals surface area contributed by atoms with Gasteiger partial charge >= 0.3 is 0 Å². The summed E-state index contributed by atoms with van der Waals surface area (Å²) in [5, 5.41) is 2.80. The molecule has 1 amide bonds. The number of hydrogen-bond acceptors (Lipinski definition) is 3. The minimum atomic E-state index is -0.324. The Morgan fingerprint density at radius 3 is 2.46 bits per heavy atom. The van der Waals surface area contributed by atoms with E-state index in [-0.39, 0.29) is 11.7 Å². The lowest BCUT2D eigenvalue weighted by Crippen LogP contribution is -2.08. The molecule has 3 aromatic carbocycles. The molecule has 0 spiro atoms. The highest BCUT2D eigenvalue weighted by molar-refractivity contribution is 6.02. The first-order valence-electron chi connectivity index (χ1n) is 8.71. The van der Waals surface area contributed by atoms with Gasteiger partial charge in [-0.3, -0.25) is 4.79 Å². The van der Waals surface area contributed by atoms with Gasteiger partial charge in [-0.2, -0.15) is 0 Å². The fourth-order valence-corrected chi connectivity index (χ4v) is 2.57. The lowest BCUT2D eigenvalue weighted by molar-refractivity contribution is -0.111. The van der Waals surface area contributed by atoms with Crippen molar-refractivity contribution < 1.29 is 18.7 Å². The summed E-state index contributed by atoms with van der Waals surface area (Å²) in [5.41, 5.74) is 2.07. The monoisotopic (exact) mass is 377 g/mol. The highest BCUT2D eigenvalue weighted by atomic mass is 19.1. The second-order valence-corrected chi connectivity index (χ2v) is 6.10. The predicted octanol–water partition coefficient (Wildman–Crippen LogP) is 5.59. The highest BCUT2D eigenvalue weighted by Gasteiger charge is 2.09. The molecule has 0 heterocycles. The minimum Gasteiger partial charge on any atom is -0.497 e. The third kappa shape index (κ3) is 4.98. The molecule has 0 radical (unpaired) electrons. The molecule has 0 bridgehead atoms. The maximum absolute atomic E-state index is 13.3. The Balaban J connectivity index is 1.71. The number of methoxy groups -OCH3 is 1. The molecule has 1 N–H and O–H groups in total. The molecule has 0 aromatic heterocycles. The number of hydrogen-bond donors (Lipinski definition) is 1. The molecule has 5 heteroatoms. The zero-order chi connectivity index (χ0) is 19.9. The maximum Gasteiger partial charge on any atom is 0.248 e. The molecule has 3 rings (SSSR count). The highest BCUT2D eigenvalue weighted by Crippen LogP contribution is 2.31. The third-order valence-electron chi connectivity index (χ3n) is 4.04. The molecule has 142 valence electrons. The second kappa shape index (κ2) is 8.86. The lowest BCUT2D eigenvalue weighted by Gasteiger charge is -2.13. The van der Waals surface area contributed by atoms with Gasteiger partial charge in [-0.25, -0.2) is 4.39 Å². The lowest BCUT2D eigenvalue weighted by atomic mass is 10.2. The van der Waals surface area contributed by atoms with Crippen molar-refractivity contribution in [3.8, 4) is 17.2 Å². The van der Waals surface area contributed by atoms with Gasteiger partial charge in [0, 0.05) is 6.08 Å². The number of amides is 1. The molecule has 3 aromatic rings. The predicted molar refractivity (Wildman–Crippen MR) is 108 cm³/mol. The topological polar surface area (TPSA) is 47.6 Å². The van der Waals surface area contributed by atoms with Crippen LogP contribution in [0.2, 0.25) is 0 Å². The van der Waals surface area contributed by atoms with Crippen LogP contribution in [0.5, 0.6) is 17.2 Å². The van der Waals surface area contributed by atoms with E-state index in [1.165, 1.54) is 18.2 Å². The summed E-state index contributed by atoms with van der Waals surface area (Å²) in [6.45, 7) is 1.76. The number of anilines is 1. The van der Waals surface area contributed by atoms with Crippen LogP contribution < -0.4 is 14.8 Å². The van der Waals surface area contributed by atoms with Crippen molar-refractivity contribution in [2.24, 2.45) is 0 Å². The molecule has 0 aliphatic heterocycles. The fourth-order valence-electron chi connectivity index (χ4n) is 2.57. The largest absolute Gasteiger partial charge is 0.497 e. The summed E-state index contributed by atoms with van der Waals surface area (Å²) in [5.74, 6) is 1.14. The van der Waals surface area contributed by atoms with Crippen LogP contribution in [0.3, 0.4) is 0 Å². The summed E-state index contributed by atoms with van der Waals surface area (Å²) in [7, 11) is 1.60. The third-order valence-corrected chi connectivity index (χ3v) is 4.04. The molecular weight excluding hydrogens is 357 g/mol. The van der Waals surface area contributed by atoms with Crippen LogP contribution in [-0.2, 0) is 4.79 Å². The number of nitrogens with one attached hydrogen (secondary N) is 1. The average Bonchev–Trinajstić information content (AvgIpc) is 2.70. The number of benzene rings is 3. The molecule has 0 aliphatic rings. The van der Waals surface area contributed by atoms with Gasteiger partial charge in [0.05, 0.1) is 12.8 Å². The number of halogens is 1. The molecule has 4 nitrogen and oxygen atoms in total. The van der Waals surface area contributed by atoms with E-state index >= 15 is 0 Å². The Bertz CT molecular complexity index is 997. The van der Waals surface area contributed by atoms with Gasteiger partial charge in [-0.1, -0.05) is 24.3 Å². The van der Waals surface area contributed by atoms with E-state index in [2.05, 4.69) is 5.32 Å². The standard InChI is InChI=1S/C23H20FNO3/c1-16-15-18(24)10-13-21(16)28-22-6-4-3-5-20(22)25-23(26)14-9-17-7-11-19(27-2)12-8-17/h3-15H,1-2H3,(H,25,26)/b14-9+. The summed E-state index contributed by atoms with van der Waals surface area (Å²) in [6, 6.07) is 18.7. The van der Waals surface area contributed by atoms with Gasteiger partial charge in [0.25, 0.3) is 0 Å². The Hall–Kier alpha value is -3.60. The zero-order valence-corrected chi connectivity index (χ0v) is 15.6. The number of rotatable bonds is 6. The molecule has 0 atom stereocenters. The van der Waals surface area contributed by atoms with E-state index in [0.29, 0.717) is 22.7 Å². The fraction of sp³-hybridized carbons (Fsp3) is 0.0870.